The highest BCUT2D eigenvalue weighted by atomic mass is 16.7. The molecule has 0 aromatic carbocycles. The second-order valence-electron chi connectivity index (χ2n) is 16.2. The van der Waals surface area contributed by atoms with Gasteiger partial charge in [0.2, 0.25) is 0 Å². The predicted octanol–water partition coefficient (Wildman–Crippen LogP) is 5.95. The molecule has 2 fully saturated rings. The molecule has 7 N–H and O–H groups in total. The van der Waals surface area contributed by atoms with Crippen molar-refractivity contribution < 1.29 is 69.0 Å². The first-order valence-electron chi connectivity index (χ1n) is 23.5. The van der Waals surface area contributed by atoms with Crippen molar-refractivity contribution >= 4 is 5.97 Å². The van der Waals surface area contributed by atoms with Crippen molar-refractivity contribution in [2.75, 3.05) is 33.0 Å². The molecule has 2 aliphatic rings. The first kappa shape index (κ1) is 56.6. The van der Waals surface area contributed by atoms with E-state index in [0.29, 0.717) is 13.0 Å². The Labute approximate surface area is 377 Å². The van der Waals surface area contributed by atoms with E-state index in [1.807, 2.05) is 0 Å². The van der Waals surface area contributed by atoms with Crippen LogP contribution < -0.4 is 0 Å². The SMILES string of the molecule is CC/C=C\C/C=C\C/C=C\CCCCCCCC(=O)OC(COCCCCCC/C=C\C/C=C\C/C=C\CC)COC1OC(COC2OC(CO)C(O)C(O)C2O)C(O)C(O)C1O. The normalized spacial score (nSPS) is 27.6. The van der Waals surface area contributed by atoms with Crippen LogP contribution in [0.15, 0.2) is 72.9 Å². The maximum Gasteiger partial charge on any atom is 0.306 e. The summed E-state index contributed by atoms with van der Waals surface area (Å²) in [6.07, 6.45) is 26.8. The lowest BCUT2D eigenvalue weighted by Crippen LogP contribution is -2.61. The Kier molecular flexibility index (Phi) is 32.9. The number of carbonyl (C=O) groups is 1. The van der Waals surface area contributed by atoms with Gasteiger partial charge in [0.25, 0.3) is 0 Å². The Hall–Kier alpha value is -2.57. The van der Waals surface area contributed by atoms with Crippen molar-refractivity contribution in [3.8, 4) is 0 Å². The number of unbranched alkanes of at least 4 members (excludes halogenated alkanes) is 9. The summed E-state index contributed by atoms with van der Waals surface area (Å²) in [4.78, 5) is 13.0. The van der Waals surface area contributed by atoms with Gasteiger partial charge < -0.3 is 64.2 Å². The molecular formula is C49H82O14. The topological polar surface area (TPSA) is 214 Å². The lowest BCUT2D eigenvalue weighted by atomic mass is 9.98. The number of aliphatic hydroxyl groups excluding tert-OH is 7. The minimum atomic E-state index is -1.72. The van der Waals surface area contributed by atoms with Crippen LogP contribution >= 0.6 is 0 Å². The summed E-state index contributed by atoms with van der Waals surface area (Å²) in [5.74, 6) is -0.406. The highest BCUT2D eigenvalue weighted by molar-refractivity contribution is 5.69. The number of rotatable bonds is 35. The van der Waals surface area contributed by atoms with Gasteiger partial charge in [0.05, 0.1) is 26.4 Å². The molecule has 11 unspecified atom stereocenters. The maximum absolute atomic E-state index is 13.0. The minimum Gasteiger partial charge on any atom is -0.457 e. The van der Waals surface area contributed by atoms with E-state index in [9.17, 15) is 40.5 Å². The van der Waals surface area contributed by atoms with Gasteiger partial charge in [-0.15, -0.1) is 0 Å². The van der Waals surface area contributed by atoms with Gasteiger partial charge in [0.1, 0.15) is 54.9 Å². The van der Waals surface area contributed by atoms with Crippen LogP contribution in [-0.4, -0.2) is 142 Å². The fourth-order valence-electron chi connectivity index (χ4n) is 6.90. The summed E-state index contributed by atoms with van der Waals surface area (Å²) in [6.45, 7) is 3.35. The summed E-state index contributed by atoms with van der Waals surface area (Å²) in [5.41, 5.74) is 0. The predicted molar refractivity (Wildman–Crippen MR) is 242 cm³/mol. The molecular weight excluding hydrogens is 813 g/mol. The third-order valence-electron chi connectivity index (χ3n) is 10.7. The van der Waals surface area contributed by atoms with Gasteiger partial charge in [-0.05, 0) is 77.0 Å². The molecule has 2 rings (SSSR count). The summed E-state index contributed by atoms with van der Waals surface area (Å²) in [5, 5.41) is 72.0. The van der Waals surface area contributed by atoms with E-state index >= 15 is 0 Å². The molecule has 63 heavy (non-hydrogen) atoms. The second kappa shape index (κ2) is 36.6. The van der Waals surface area contributed by atoms with Crippen LogP contribution in [0.4, 0.5) is 0 Å². The Balaban J connectivity index is 1.83. The van der Waals surface area contributed by atoms with Crippen LogP contribution in [0, 0.1) is 0 Å². The summed E-state index contributed by atoms with van der Waals surface area (Å²) in [7, 11) is 0. The van der Waals surface area contributed by atoms with Gasteiger partial charge in [-0.1, -0.05) is 119 Å². The number of aliphatic hydroxyl groups is 7. The molecule has 2 saturated heterocycles. The molecule has 0 aliphatic carbocycles. The van der Waals surface area contributed by atoms with Gasteiger partial charge in [-0.2, -0.15) is 0 Å². The quantitative estimate of drug-likeness (QED) is 0.0223. The van der Waals surface area contributed by atoms with E-state index in [2.05, 4.69) is 86.8 Å². The van der Waals surface area contributed by atoms with Gasteiger partial charge in [0, 0.05) is 13.0 Å². The highest BCUT2D eigenvalue weighted by Gasteiger charge is 2.47. The molecule has 2 aliphatic heterocycles. The van der Waals surface area contributed by atoms with E-state index in [-0.39, 0.29) is 19.6 Å². The molecule has 0 aromatic rings. The monoisotopic (exact) mass is 895 g/mol. The Bertz CT molecular complexity index is 1310. The number of hydrogen-bond donors (Lipinski definition) is 7. The van der Waals surface area contributed by atoms with E-state index in [0.717, 1.165) is 103 Å². The summed E-state index contributed by atoms with van der Waals surface area (Å²) < 4.78 is 34.1. The third kappa shape index (κ3) is 25.1. The average molecular weight is 895 g/mol. The second-order valence-corrected chi connectivity index (χ2v) is 16.2. The lowest BCUT2D eigenvalue weighted by molar-refractivity contribution is -0.332. The molecule has 362 valence electrons. The molecule has 0 amide bonds. The fourth-order valence-corrected chi connectivity index (χ4v) is 6.90. The largest absolute Gasteiger partial charge is 0.457 e. The summed E-state index contributed by atoms with van der Waals surface area (Å²) >= 11 is 0. The van der Waals surface area contributed by atoms with E-state index in [1.165, 1.54) is 0 Å². The van der Waals surface area contributed by atoms with Crippen molar-refractivity contribution in [1.82, 2.24) is 0 Å². The van der Waals surface area contributed by atoms with Crippen LogP contribution in [0.5, 0.6) is 0 Å². The molecule has 11 atom stereocenters. The van der Waals surface area contributed by atoms with Crippen molar-refractivity contribution in [3.63, 3.8) is 0 Å². The van der Waals surface area contributed by atoms with Crippen LogP contribution in [0.3, 0.4) is 0 Å². The number of esters is 1. The molecule has 0 saturated carbocycles. The van der Waals surface area contributed by atoms with Crippen LogP contribution in [0.1, 0.15) is 129 Å². The molecule has 0 radical (unpaired) electrons. The first-order chi connectivity index (χ1) is 30.6. The number of allylic oxidation sites excluding steroid dienone is 12. The van der Waals surface area contributed by atoms with Crippen molar-refractivity contribution in [2.24, 2.45) is 0 Å². The Morgan fingerprint density at radius 1 is 0.524 bits per heavy atom. The number of ether oxygens (including phenoxy) is 6. The van der Waals surface area contributed by atoms with Gasteiger partial charge in [-0.3, -0.25) is 4.79 Å². The molecule has 0 spiro atoms. The molecule has 0 aromatic heterocycles. The Morgan fingerprint density at radius 2 is 0.984 bits per heavy atom. The van der Waals surface area contributed by atoms with E-state index < -0.39 is 86.7 Å². The minimum absolute atomic E-state index is 0.0348. The van der Waals surface area contributed by atoms with Crippen LogP contribution in [0.2, 0.25) is 0 Å². The average Bonchev–Trinajstić information content (AvgIpc) is 3.28. The zero-order valence-electron chi connectivity index (χ0n) is 38.0. The Morgan fingerprint density at radius 3 is 1.54 bits per heavy atom. The third-order valence-corrected chi connectivity index (χ3v) is 10.7. The van der Waals surface area contributed by atoms with Crippen molar-refractivity contribution in [2.45, 2.75) is 197 Å². The standard InChI is InChI=1S/C49H82O14/c1-3-5-7-9-11-13-15-17-19-20-22-24-26-28-30-32-41(51)61-38(35-58-33-31-29-27-25-23-21-18-16-14-12-10-8-6-4-2)36-59-48-47(57)45(55)43(53)40(63-48)37-60-49-46(56)44(54)42(52)39(34-50)62-49/h5-8,11-14,17-19,21,38-40,42-50,52-57H,3-4,9-10,15-16,20,22-37H2,1-2H3/b7-5-,8-6-,13-11-,14-12-,19-17-,21-18-. The van der Waals surface area contributed by atoms with Crippen LogP contribution in [0.25, 0.3) is 0 Å². The molecule has 2 heterocycles. The highest BCUT2D eigenvalue weighted by Crippen LogP contribution is 2.26. The molecule has 14 nitrogen and oxygen atoms in total. The molecule has 14 heteroatoms. The zero-order chi connectivity index (χ0) is 45.9. The van der Waals surface area contributed by atoms with Crippen molar-refractivity contribution in [1.29, 1.82) is 0 Å². The lowest BCUT2D eigenvalue weighted by Gasteiger charge is -2.42. The van der Waals surface area contributed by atoms with Gasteiger partial charge in [-0.25, -0.2) is 0 Å². The maximum atomic E-state index is 13.0. The van der Waals surface area contributed by atoms with Crippen molar-refractivity contribution in [3.05, 3.63) is 72.9 Å². The fraction of sp³-hybridized carbons (Fsp3) is 0.735. The number of hydrogen-bond acceptors (Lipinski definition) is 14. The zero-order valence-corrected chi connectivity index (χ0v) is 38.0. The van der Waals surface area contributed by atoms with Gasteiger partial charge >= 0.3 is 5.97 Å². The smallest absolute Gasteiger partial charge is 0.306 e. The first-order valence-corrected chi connectivity index (χ1v) is 23.5. The summed E-state index contributed by atoms with van der Waals surface area (Å²) in [6, 6.07) is 0. The molecule has 0 bridgehead atoms. The van der Waals surface area contributed by atoms with Crippen LogP contribution in [-0.2, 0) is 33.2 Å². The van der Waals surface area contributed by atoms with Gasteiger partial charge in [0.15, 0.2) is 12.6 Å². The van der Waals surface area contributed by atoms with E-state index in [1.54, 1.807) is 0 Å². The van der Waals surface area contributed by atoms with E-state index in [4.69, 9.17) is 28.4 Å². The number of carbonyl (C=O) groups excluding carboxylic acids is 1.